The van der Waals surface area contributed by atoms with Crippen molar-refractivity contribution in [3.8, 4) is 5.75 Å². The first-order valence-electron chi connectivity index (χ1n) is 7.09. The van der Waals surface area contributed by atoms with Crippen molar-refractivity contribution in [2.75, 3.05) is 14.2 Å². The molecule has 0 aliphatic heterocycles. The van der Waals surface area contributed by atoms with Crippen molar-refractivity contribution in [3.05, 3.63) is 11.9 Å². The highest BCUT2D eigenvalue weighted by atomic mass is 16.5. The average Bonchev–Trinajstić information content (AvgIpc) is 3.05. The second kappa shape index (κ2) is 5.92. The molecule has 1 unspecified atom stereocenters. The quantitative estimate of drug-likeness (QED) is 0.858. The third kappa shape index (κ3) is 2.49. The molecule has 0 bridgehead atoms. The fourth-order valence-corrected chi connectivity index (χ4v) is 3.10. The van der Waals surface area contributed by atoms with Crippen molar-refractivity contribution in [3.63, 3.8) is 0 Å². The van der Waals surface area contributed by atoms with Crippen LogP contribution in [0.15, 0.2) is 6.20 Å². The van der Waals surface area contributed by atoms with Crippen LogP contribution in [-0.2, 0) is 11.3 Å². The Balaban J connectivity index is 2.35. The summed E-state index contributed by atoms with van der Waals surface area (Å²) >= 11 is 0. The molecule has 1 aliphatic carbocycles. The van der Waals surface area contributed by atoms with Crippen molar-refractivity contribution in [2.45, 2.75) is 57.2 Å². The van der Waals surface area contributed by atoms with E-state index in [-0.39, 0.29) is 11.6 Å². The van der Waals surface area contributed by atoms with Gasteiger partial charge in [-0.15, -0.1) is 0 Å². The molecule has 0 radical (unpaired) electrons. The van der Waals surface area contributed by atoms with E-state index in [1.165, 1.54) is 12.8 Å². The molecule has 0 aromatic carbocycles. The molecule has 0 spiro atoms. The van der Waals surface area contributed by atoms with Gasteiger partial charge in [0.2, 0.25) is 0 Å². The Bertz CT molecular complexity index is 411. The first kappa shape index (κ1) is 14.3. The van der Waals surface area contributed by atoms with Gasteiger partial charge in [0.1, 0.15) is 0 Å². The Hall–Kier alpha value is -1.07. The summed E-state index contributed by atoms with van der Waals surface area (Å²) < 4.78 is 13.2. The van der Waals surface area contributed by atoms with Crippen LogP contribution in [0.3, 0.4) is 0 Å². The van der Waals surface area contributed by atoms with Gasteiger partial charge < -0.3 is 15.2 Å². The van der Waals surface area contributed by atoms with Crippen LogP contribution in [0, 0.1) is 0 Å². The van der Waals surface area contributed by atoms with Crippen LogP contribution in [0.4, 0.5) is 0 Å². The van der Waals surface area contributed by atoms with E-state index in [0.717, 1.165) is 37.3 Å². The summed E-state index contributed by atoms with van der Waals surface area (Å²) in [6, 6.07) is -0.191. The molecule has 1 atom stereocenters. The minimum atomic E-state index is -0.265. The van der Waals surface area contributed by atoms with Crippen molar-refractivity contribution in [1.29, 1.82) is 0 Å². The van der Waals surface area contributed by atoms with Crippen molar-refractivity contribution < 1.29 is 9.47 Å². The molecular weight excluding hydrogens is 242 g/mol. The van der Waals surface area contributed by atoms with Gasteiger partial charge in [-0.3, -0.25) is 4.68 Å². The van der Waals surface area contributed by atoms with Gasteiger partial charge in [0, 0.05) is 13.7 Å². The Morgan fingerprint density at radius 2 is 2.11 bits per heavy atom. The molecule has 1 heterocycles. The molecular formula is C14H25N3O2. The highest BCUT2D eigenvalue weighted by molar-refractivity contribution is 5.30. The maximum absolute atomic E-state index is 6.53. The van der Waals surface area contributed by atoms with E-state index in [9.17, 15) is 0 Å². The predicted molar refractivity (Wildman–Crippen MR) is 74.2 cm³/mol. The van der Waals surface area contributed by atoms with E-state index in [0.29, 0.717) is 0 Å². The van der Waals surface area contributed by atoms with Crippen LogP contribution in [0.25, 0.3) is 0 Å². The third-order valence-corrected chi connectivity index (χ3v) is 4.22. The lowest BCUT2D eigenvalue weighted by Crippen LogP contribution is -2.41. The Labute approximate surface area is 115 Å². The standard InChI is InChI=1S/C14H25N3O2/c1-4-9-17-12(11(18-2)10-16-17)13(15)14(19-3)7-5-6-8-14/h10,13H,4-9,15H2,1-3H3. The smallest absolute Gasteiger partial charge is 0.161 e. The van der Waals surface area contributed by atoms with Gasteiger partial charge >= 0.3 is 0 Å². The van der Waals surface area contributed by atoms with Gasteiger partial charge in [0.15, 0.2) is 5.75 Å². The van der Waals surface area contributed by atoms with E-state index in [1.807, 2.05) is 4.68 Å². The summed E-state index contributed by atoms with van der Waals surface area (Å²) in [5.41, 5.74) is 7.23. The molecule has 108 valence electrons. The number of rotatable bonds is 6. The molecule has 1 aromatic rings. The monoisotopic (exact) mass is 267 g/mol. The lowest BCUT2D eigenvalue weighted by Gasteiger charge is -2.34. The summed E-state index contributed by atoms with van der Waals surface area (Å²) in [7, 11) is 3.43. The average molecular weight is 267 g/mol. The van der Waals surface area contributed by atoms with Gasteiger partial charge in [-0.2, -0.15) is 5.10 Å². The maximum Gasteiger partial charge on any atom is 0.161 e. The zero-order valence-corrected chi connectivity index (χ0v) is 12.2. The number of nitrogens with two attached hydrogens (primary N) is 1. The Kier molecular flexibility index (Phi) is 4.47. The summed E-state index contributed by atoms with van der Waals surface area (Å²) in [6.45, 7) is 2.98. The van der Waals surface area contributed by atoms with E-state index in [4.69, 9.17) is 15.2 Å². The zero-order chi connectivity index (χ0) is 13.9. The molecule has 2 N–H and O–H groups in total. The fourth-order valence-electron chi connectivity index (χ4n) is 3.10. The molecule has 1 fully saturated rings. The second-order valence-corrected chi connectivity index (χ2v) is 5.28. The lowest BCUT2D eigenvalue weighted by atomic mass is 9.90. The molecule has 0 saturated heterocycles. The summed E-state index contributed by atoms with van der Waals surface area (Å²) in [5, 5.41) is 4.39. The summed E-state index contributed by atoms with van der Waals surface area (Å²) in [5.74, 6) is 0.768. The maximum atomic E-state index is 6.53. The highest BCUT2D eigenvalue weighted by Gasteiger charge is 2.43. The number of methoxy groups -OCH3 is 2. The summed E-state index contributed by atoms with van der Waals surface area (Å²) in [6.07, 6.45) is 7.13. The molecule has 1 saturated carbocycles. The van der Waals surface area contributed by atoms with Crippen LogP contribution in [0.5, 0.6) is 5.75 Å². The third-order valence-electron chi connectivity index (χ3n) is 4.22. The number of aromatic nitrogens is 2. The van der Waals surface area contributed by atoms with Crippen molar-refractivity contribution in [2.24, 2.45) is 5.73 Å². The van der Waals surface area contributed by atoms with Crippen molar-refractivity contribution in [1.82, 2.24) is 9.78 Å². The minimum absolute atomic E-state index is 0.191. The minimum Gasteiger partial charge on any atom is -0.493 e. The van der Waals surface area contributed by atoms with E-state index in [1.54, 1.807) is 20.4 Å². The van der Waals surface area contributed by atoms with Crippen LogP contribution in [0.1, 0.15) is 50.8 Å². The molecule has 19 heavy (non-hydrogen) atoms. The Morgan fingerprint density at radius 3 is 2.63 bits per heavy atom. The van der Waals surface area contributed by atoms with Gasteiger partial charge in [0.05, 0.1) is 30.6 Å². The number of hydrogen-bond donors (Lipinski definition) is 1. The summed E-state index contributed by atoms with van der Waals surface area (Å²) in [4.78, 5) is 0. The van der Waals surface area contributed by atoms with Gasteiger partial charge in [0.25, 0.3) is 0 Å². The van der Waals surface area contributed by atoms with Gasteiger partial charge in [-0.05, 0) is 19.3 Å². The van der Waals surface area contributed by atoms with Crippen LogP contribution in [0.2, 0.25) is 0 Å². The largest absolute Gasteiger partial charge is 0.493 e. The molecule has 5 heteroatoms. The van der Waals surface area contributed by atoms with Crippen LogP contribution < -0.4 is 10.5 Å². The zero-order valence-electron chi connectivity index (χ0n) is 12.2. The molecule has 5 nitrogen and oxygen atoms in total. The molecule has 2 rings (SSSR count). The lowest BCUT2D eigenvalue weighted by molar-refractivity contribution is -0.0289. The normalized spacial score (nSPS) is 19.6. The second-order valence-electron chi connectivity index (χ2n) is 5.28. The predicted octanol–water partition coefficient (Wildman–Crippen LogP) is 2.26. The van der Waals surface area contributed by atoms with Crippen LogP contribution >= 0.6 is 0 Å². The first-order valence-corrected chi connectivity index (χ1v) is 7.09. The number of hydrogen-bond acceptors (Lipinski definition) is 4. The number of nitrogens with zero attached hydrogens (tertiary/aromatic N) is 2. The molecule has 1 aliphatic rings. The Morgan fingerprint density at radius 1 is 1.42 bits per heavy atom. The number of ether oxygens (including phenoxy) is 2. The fraction of sp³-hybridized carbons (Fsp3) is 0.786. The van der Waals surface area contributed by atoms with E-state index >= 15 is 0 Å². The van der Waals surface area contributed by atoms with E-state index < -0.39 is 0 Å². The highest BCUT2D eigenvalue weighted by Crippen LogP contribution is 2.43. The van der Waals surface area contributed by atoms with Crippen LogP contribution in [-0.4, -0.2) is 29.6 Å². The van der Waals surface area contributed by atoms with E-state index in [2.05, 4.69) is 12.0 Å². The first-order chi connectivity index (χ1) is 9.18. The van der Waals surface area contributed by atoms with Gasteiger partial charge in [-0.25, -0.2) is 0 Å². The molecule has 0 amide bonds. The topological polar surface area (TPSA) is 62.3 Å². The number of aryl methyl sites for hydroxylation is 1. The van der Waals surface area contributed by atoms with Gasteiger partial charge in [-0.1, -0.05) is 19.8 Å². The molecule has 1 aromatic heterocycles. The van der Waals surface area contributed by atoms with Crippen molar-refractivity contribution >= 4 is 0 Å². The SMILES string of the molecule is CCCn1ncc(OC)c1C(N)C1(OC)CCCC1.